The van der Waals surface area contributed by atoms with Crippen LogP contribution in [0.4, 0.5) is 5.82 Å². The lowest BCUT2D eigenvalue weighted by molar-refractivity contribution is -0.140. The smallest absolute Gasteiger partial charge is 0.362 e. The number of aromatic nitrogens is 3. The van der Waals surface area contributed by atoms with Crippen molar-refractivity contribution in [1.29, 1.82) is 0 Å². The SMILES string of the molecule is COC(=O)c1nnn(C(C)C(=O)O)c1N. The largest absolute Gasteiger partial charge is 0.480 e. The van der Waals surface area contributed by atoms with Gasteiger partial charge in [0.05, 0.1) is 7.11 Å². The third kappa shape index (κ3) is 1.87. The summed E-state index contributed by atoms with van der Waals surface area (Å²) in [6.45, 7) is 1.37. The van der Waals surface area contributed by atoms with Gasteiger partial charge < -0.3 is 15.6 Å². The Labute approximate surface area is 84.6 Å². The first-order valence-corrected chi connectivity index (χ1v) is 4.00. The second kappa shape index (κ2) is 3.95. The summed E-state index contributed by atoms with van der Waals surface area (Å²) >= 11 is 0. The molecule has 0 aliphatic carbocycles. The first-order chi connectivity index (χ1) is 6.99. The van der Waals surface area contributed by atoms with E-state index in [0.29, 0.717) is 0 Å². The summed E-state index contributed by atoms with van der Waals surface area (Å²) in [5, 5.41) is 15.6. The highest BCUT2D eigenvalue weighted by Gasteiger charge is 2.23. The van der Waals surface area contributed by atoms with Crippen molar-refractivity contribution in [1.82, 2.24) is 15.0 Å². The molecule has 1 rings (SSSR count). The number of esters is 1. The summed E-state index contributed by atoms with van der Waals surface area (Å²) in [7, 11) is 1.17. The number of nitrogens with two attached hydrogens (primary N) is 1. The van der Waals surface area contributed by atoms with Crippen molar-refractivity contribution >= 4 is 17.8 Å². The normalized spacial score (nSPS) is 12.1. The fourth-order valence-corrected chi connectivity index (χ4v) is 0.934. The summed E-state index contributed by atoms with van der Waals surface area (Å²) in [6.07, 6.45) is 0. The van der Waals surface area contributed by atoms with E-state index >= 15 is 0 Å². The van der Waals surface area contributed by atoms with Gasteiger partial charge in [0, 0.05) is 0 Å². The second-order valence-electron chi connectivity index (χ2n) is 2.77. The van der Waals surface area contributed by atoms with Crippen LogP contribution >= 0.6 is 0 Å². The molecule has 0 aliphatic heterocycles. The molecule has 15 heavy (non-hydrogen) atoms. The van der Waals surface area contributed by atoms with Crippen LogP contribution in [0.15, 0.2) is 0 Å². The molecule has 3 N–H and O–H groups in total. The number of hydrogen-bond acceptors (Lipinski definition) is 6. The number of methoxy groups -OCH3 is 1. The Morgan fingerprint density at radius 3 is 2.67 bits per heavy atom. The molecular weight excluding hydrogens is 204 g/mol. The van der Waals surface area contributed by atoms with Crippen molar-refractivity contribution in [3.8, 4) is 0 Å². The van der Waals surface area contributed by atoms with Gasteiger partial charge in [-0.1, -0.05) is 5.21 Å². The number of rotatable bonds is 3. The van der Waals surface area contributed by atoms with E-state index in [2.05, 4.69) is 15.0 Å². The van der Waals surface area contributed by atoms with E-state index in [0.717, 1.165) is 4.68 Å². The van der Waals surface area contributed by atoms with Crippen molar-refractivity contribution in [2.45, 2.75) is 13.0 Å². The summed E-state index contributed by atoms with van der Waals surface area (Å²) in [5.74, 6) is -2.00. The number of ether oxygens (including phenoxy) is 1. The van der Waals surface area contributed by atoms with E-state index in [-0.39, 0.29) is 11.5 Å². The van der Waals surface area contributed by atoms with Gasteiger partial charge in [0.1, 0.15) is 0 Å². The number of carbonyl (C=O) groups is 2. The Balaban J connectivity index is 3.09. The predicted octanol–water partition coefficient (Wildman–Crippen LogP) is -0.707. The molecule has 0 aromatic carbocycles. The molecule has 82 valence electrons. The first kappa shape index (κ1) is 11.0. The molecule has 0 saturated carbocycles. The highest BCUT2D eigenvalue weighted by atomic mass is 16.5. The topological polar surface area (TPSA) is 120 Å². The Morgan fingerprint density at radius 2 is 2.20 bits per heavy atom. The van der Waals surface area contributed by atoms with Gasteiger partial charge in [-0.25, -0.2) is 14.3 Å². The minimum atomic E-state index is -1.12. The zero-order valence-corrected chi connectivity index (χ0v) is 8.17. The van der Waals surface area contributed by atoms with Gasteiger partial charge in [0.15, 0.2) is 11.9 Å². The van der Waals surface area contributed by atoms with E-state index in [9.17, 15) is 9.59 Å². The van der Waals surface area contributed by atoms with E-state index in [1.54, 1.807) is 0 Å². The summed E-state index contributed by atoms with van der Waals surface area (Å²) < 4.78 is 5.33. The van der Waals surface area contributed by atoms with Crippen molar-refractivity contribution in [3.05, 3.63) is 5.69 Å². The molecule has 1 heterocycles. The third-order valence-corrected chi connectivity index (χ3v) is 1.83. The van der Waals surface area contributed by atoms with Gasteiger partial charge in [-0.2, -0.15) is 0 Å². The van der Waals surface area contributed by atoms with Crippen molar-refractivity contribution < 1.29 is 19.4 Å². The van der Waals surface area contributed by atoms with Gasteiger partial charge in [-0.3, -0.25) is 0 Å². The van der Waals surface area contributed by atoms with Crippen LogP contribution in [0.1, 0.15) is 23.5 Å². The van der Waals surface area contributed by atoms with Crippen LogP contribution in [-0.2, 0) is 9.53 Å². The lowest BCUT2D eigenvalue weighted by Crippen LogP contribution is -2.19. The Kier molecular flexibility index (Phi) is 2.88. The molecule has 8 nitrogen and oxygen atoms in total. The average molecular weight is 214 g/mol. The van der Waals surface area contributed by atoms with Crippen LogP contribution in [0, 0.1) is 0 Å². The van der Waals surface area contributed by atoms with Crippen LogP contribution in [0.2, 0.25) is 0 Å². The van der Waals surface area contributed by atoms with Crippen LogP contribution in [-0.4, -0.2) is 39.1 Å². The van der Waals surface area contributed by atoms with E-state index in [1.807, 2.05) is 0 Å². The Morgan fingerprint density at radius 1 is 1.60 bits per heavy atom. The van der Waals surface area contributed by atoms with Crippen LogP contribution in [0.3, 0.4) is 0 Å². The second-order valence-corrected chi connectivity index (χ2v) is 2.77. The maximum absolute atomic E-state index is 11.1. The van der Waals surface area contributed by atoms with E-state index in [1.165, 1.54) is 14.0 Å². The molecule has 1 aromatic heterocycles. The zero-order valence-electron chi connectivity index (χ0n) is 8.17. The molecule has 0 aliphatic rings. The van der Waals surface area contributed by atoms with Crippen molar-refractivity contribution in [2.75, 3.05) is 12.8 Å². The van der Waals surface area contributed by atoms with Gasteiger partial charge >= 0.3 is 11.9 Å². The van der Waals surface area contributed by atoms with Crippen LogP contribution in [0.25, 0.3) is 0 Å². The number of anilines is 1. The van der Waals surface area contributed by atoms with Gasteiger partial charge in [-0.05, 0) is 6.92 Å². The maximum Gasteiger partial charge on any atom is 0.362 e. The molecule has 1 atom stereocenters. The maximum atomic E-state index is 11.1. The number of hydrogen-bond donors (Lipinski definition) is 2. The molecule has 0 radical (unpaired) electrons. The third-order valence-electron chi connectivity index (χ3n) is 1.83. The number of carboxylic acids is 1. The molecule has 8 heteroatoms. The van der Waals surface area contributed by atoms with Gasteiger partial charge in [0.25, 0.3) is 0 Å². The number of carbonyl (C=O) groups excluding carboxylic acids is 1. The van der Waals surface area contributed by atoms with Crippen molar-refractivity contribution in [3.63, 3.8) is 0 Å². The molecule has 0 bridgehead atoms. The lowest BCUT2D eigenvalue weighted by atomic mass is 10.3. The standard InChI is InChI=1S/C7H10N4O4/c1-3(6(12)13)11-5(8)4(9-10-11)7(14)15-2/h3H,8H2,1-2H3,(H,12,13). The Bertz CT molecular complexity index is 400. The van der Waals surface area contributed by atoms with E-state index in [4.69, 9.17) is 10.8 Å². The molecule has 0 amide bonds. The number of carboxylic acid groups (broad SMARTS) is 1. The predicted molar refractivity (Wildman–Crippen MR) is 48.1 cm³/mol. The molecule has 0 saturated heterocycles. The van der Waals surface area contributed by atoms with Crippen molar-refractivity contribution in [2.24, 2.45) is 0 Å². The Hall–Kier alpha value is -2.12. The van der Waals surface area contributed by atoms with Gasteiger partial charge in [-0.15, -0.1) is 5.10 Å². The highest BCUT2D eigenvalue weighted by molar-refractivity contribution is 5.92. The highest BCUT2D eigenvalue weighted by Crippen LogP contribution is 2.14. The number of nitrogen functional groups attached to an aromatic ring is 1. The summed E-state index contributed by atoms with van der Waals surface area (Å²) in [6, 6.07) is -0.990. The molecule has 1 aromatic rings. The summed E-state index contributed by atoms with van der Waals surface area (Å²) in [5.41, 5.74) is 5.30. The molecule has 0 spiro atoms. The molecular formula is C7H10N4O4. The fourth-order valence-electron chi connectivity index (χ4n) is 0.934. The monoisotopic (exact) mass is 214 g/mol. The lowest BCUT2D eigenvalue weighted by Gasteiger charge is -2.06. The summed E-state index contributed by atoms with van der Waals surface area (Å²) in [4.78, 5) is 21.7. The molecule has 1 unspecified atom stereocenters. The number of nitrogens with zero attached hydrogens (tertiary/aromatic N) is 3. The average Bonchev–Trinajstić information content (AvgIpc) is 2.57. The first-order valence-electron chi connectivity index (χ1n) is 4.00. The van der Waals surface area contributed by atoms with E-state index < -0.39 is 18.0 Å². The molecule has 0 fully saturated rings. The van der Waals surface area contributed by atoms with Crippen LogP contribution in [0.5, 0.6) is 0 Å². The zero-order chi connectivity index (χ0) is 11.6. The quantitative estimate of drug-likeness (QED) is 0.637. The number of aliphatic carboxylic acids is 1. The van der Waals surface area contributed by atoms with Gasteiger partial charge in [0.2, 0.25) is 5.69 Å². The van der Waals surface area contributed by atoms with Crippen LogP contribution < -0.4 is 5.73 Å². The minimum absolute atomic E-state index is 0.128. The minimum Gasteiger partial charge on any atom is -0.480 e. The fraction of sp³-hybridized carbons (Fsp3) is 0.429.